The summed E-state index contributed by atoms with van der Waals surface area (Å²) in [6, 6.07) is -1.90. The fourth-order valence-electron chi connectivity index (χ4n) is 1.80. The van der Waals surface area contributed by atoms with Crippen molar-refractivity contribution in [1.29, 1.82) is 0 Å². The normalized spacial score (nSPS) is 14.8. The van der Waals surface area contributed by atoms with Crippen LogP contribution in [0.4, 0.5) is 22.0 Å². The number of carbonyl (C=O) groups is 2. The molecule has 1 aromatic carbocycles. The molecule has 140 valence electrons. The Hall–Kier alpha value is -2.04. The third-order valence-electron chi connectivity index (χ3n) is 2.98. The Balaban J connectivity index is 3.10. The number of rotatable bonds is 8. The van der Waals surface area contributed by atoms with Crippen LogP contribution in [-0.2, 0) is 20.3 Å². The van der Waals surface area contributed by atoms with E-state index in [0.717, 1.165) is 0 Å². The smallest absolute Gasteiger partial charge is 0.321 e. The van der Waals surface area contributed by atoms with Crippen molar-refractivity contribution in [3.8, 4) is 0 Å². The quantitative estimate of drug-likeness (QED) is 0.231. The number of nitrogens with one attached hydrogen (secondary N) is 1. The lowest BCUT2D eigenvalue weighted by molar-refractivity contribution is -0.140. The fraction of sp³-hybridized carbons (Fsp3) is 0.333. The van der Waals surface area contributed by atoms with E-state index in [0.29, 0.717) is 0 Å². The summed E-state index contributed by atoms with van der Waals surface area (Å²) in [5.41, 5.74) is -1.60. The molecule has 25 heavy (non-hydrogen) atoms. The van der Waals surface area contributed by atoms with E-state index in [1.165, 1.54) is 0 Å². The van der Waals surface area contributed by atoms with Gasteiger partial charge in [-0.05, 0) is 6.42 Å². The van der Waals surface area contributed by atoms with Crippen molar-refractivity contribution >= 4 is 19.5 Å². The maximum absolute atomic E-state index is 13.5. The molecule has 2 unspecified atom stereocenters. The Labute approximate surface area is 136 Å². The molecular weight excluding hydrogens is 380 g/mol. The van der Waals surface area contributed by atoms with Gasteiger partial charge in [0.25, 0.3) is 7.52 Å². The highest BCUT2D eigenvalue weighted by molar-refractivity contribution is 7.55. The van der Waals surface area contributed by atoms with E-state index < -0.39 is 79.2 Å². The minimum Gasteiger partial charge on any atom is -0.481 e. The summed E-state index contributed by atoms with van der Waals surface area (Å²) in [7, 11) is -4.95. The molecule has 7 nitrogen and oxygen atoms in total. The summed E-state index contributed by atoms with van der Waals surface area (Å²) in [6.07, 6.45) is -2.98. The minimum absolute atomic E-state index is 0.660. The number of hydrogen-bond acceptors (Lipinski definition) is 3. The predicted octanol–water partition coefficient (Wildman–Crippen LogP) is 1.98. The Morgan fingerprint density at radius 2 is 1.40 bits per heavy atom. The topological polar surface area (TPSA) is 124 Å². The van der Waals surface area contributed by atoms with Crippen LogP contribution in [0.1, 0.15) is 18.4 Å². The molecule has 0 radical (unpaired) electrons. The first-order chi connectivity index (χ1) is 11.4. The zero-order valence-electron chi connectivity index (χ0n) is 12.1. The van der Waals surface area contributed by atoms with Gasteiger partial charge in [-0.3, -0.25) is 14.2 Å². The molecule has 0 amide bonds. The molecular formula is C12H11F5NO6P. The second-order valence-electron chi connectivity index (χ2n) is 4.86. The first kappa shape index (κ1) is 21.0. The number of carboxylic acids is 2. The van der Waals surface area contributed by atoms with Crippen LogP contribution in [0.3, 0.4) is 0 Å². The van der Waals surface area contributed by atoms with Gasteiger partial charge in [0.1, 0.15) is 6.04 Å². The molecule has 0 saturated heterocycles. The molecule has 0 heterocycles. The Bertz CT molecular complexity index is 729. The van der Waals surface area contributed by atoms with E-state index in [1.807, 2.05) is 0 Å². The molecule has 1 rings (SSSR count). The first-order valence-electron chi connectivity index (χ1n) is 6.42. The van der Waals surface area contributed by atoms with Gasteiger partial charge in [-0.15, -0.1) is 0 Å². The first-order valence-corrected chi connectivity index (χ1v) is 8.26. The van der Waals surface area contributed by atoms with Gasteiger partial charge in [-0.1, -0.05) is 0 Å². The van der Waals surface area contributed by atoms with Gasteiger partial charge in [0.05, 0.1) is 6.16 Å². The molecule has 0 aliphatic heterocycles. The SMILES string of the molecule is O=C(O)CCC(NP(=O)(O)Cc1c(F)c(F)c(F)c(F)c1F)C(=O)O. The average molecular weight is 391 g/mol. The largest absolute Gasteiger partial charge is 0.481 e. The second kappa shape index (κ2) is 7.89. The van der Waals surface area contributed by atoms with Crippen molar-refractivity contribution in [2.45, 2.75) is 25.0 Å². The molecule has 4 N–H and O–H groups in total. The van der Waals surface area contributed by atoms with E-state index in [-0.39, 0.29) is 0 Å². The van der Waals surface area contributed by atoms with E-state index in [9.17, 15) is 41.0 Å². The van der Waals surface area contributed by atoms with Gasteiger partial charge in [-0.2, -0.15) is 0 Å². The van der Waals surface area contributed by atoms with Crippen LogP contribution < -0.4 is 5.09 Å². The van der Waals surface area contributed by atoms with E-state index >= 15 is 0 Å². The lowest BCUT2D eigenvalue weighted by atomic mass is 10.2. The van der Waals surface area contributed by atoms with Gasteiger partial charge in [-0.25, -0.2) is 27.0 Å². The fourth-order valence-corrected chi connectivity index (χ4v) is 3.33. The highest BCUT2D eigenvalue weighted by Crippen LogP contribution is 2.43. The van der Waals surface area contributed by atoms with Crippen molar-refractivity contribution < 1.29 is 51.2 Å². The van der Waals surface area contributed by atoms with E-state index in [4.69, 9.17) is 10.2 Å². The molecule has 0 saturated carbocycles. The minimum atomic E-state index is -4.95. The van der Waals surface area contributed by atoms with Crippen LogP contribution >= 0.6 is 7.52 Å². The zero-order valence-corrected chi connectivity index (χ0v) is 13.0. The van der Waals surface area contributed by atoms with E-state index in [1.54, 1.807) is 5.09 Å². The van der Waals surface area contributed by atoms with Gasteiger partial charge in [0.15, 0.2) is 23.3 Å². The number of carboxylic acid groups (broad SMARTS) is 2. The summed E-state index contributed by atoms with van der Waals surface area (Å²) in [5, 5.41) is 18.9. The molecule has 0 fully saturated rings. The van der Waals surface area contributed by atoms with Crippen LogP contribution in [0.25, 0.3) is 0 Å². The van der Waals surface area contributed by atoms with Crippen LogP contribution in [0, 0.1) is 29.1 Å². The van der Waals surface area contributed by atoms with Crippen molar-refractivity contribution in [1.82, 2.24) is 5.09 Å². The lowest BCUT2D eigenvalue weighted by Gasteiger charge is -2.19. The lowest BCUT2D eigenvalue weighted by Crippen LogP contribution is -2.35. The zero-order chi connectivity index (χ0) is 19.5. The Morgan fingerprint density at radius 1 is 0.960 bits per heavy atom. The summed E-state index contributed by atoms with van der Waals surface area (Å²) in [4.78, 5) is 30.9. The monoisotopic (exact) mass is 391 g/mol. The van der Waals surface area contributed by atoms with Gasteiger partial charge in [0, 0.05) is 12.0 Å². The third-order valence-corrected chi connectivity index (χ3v) is 4.44. The second-order valence-corrected chi connectivity index (χ2v) is 6.84. The summed E-state index contributed by atoms with van der Waals surface area (Å²) in [6.45, 7) is 0. The van der Waals surface area contributed by atoms with Crippen LogP contribution in [0.5, 0.6) is 0 Å². The van der Waals surface area contributed by atoms with Crippen molar-refractivity contribution in [3.63, 3.8) is 0 Å². The molecule has 0 bridgehead atoms. The molecule has 0 aliphatic rings. The molecule has 13 heteroatoms. The van der Waals surface area contributed by atoms with Gasteiger partial charge in [0.2, 0.25) is 5.82 Å². The van der Waals surface area contributed by atoms with Crippen molar-refractivity contribution in [2.24, 2.45) is 0 Å². The third kappa shape index (κ3) is 5.21. The van der Waals surface area contributed by atoms with Crippen molar-refractivity contribution in [3.05, 3.63) is 34.6 Å². The summed E-state index contributed by atoms with van der Waals surface area (Å²) < 4.78 is 78.0. The van der Waals surface area contributed by atoms with Crippen LogP contribution in [0.15, 0.2) is 0 Å². The van der Waals surface area contributed by atoms with Crippen LogP contribution in [0.2, 0.25) is 0 Å². The standard InChI is InChI=1S/C12H11F5NO6P/c13-7-4(8(14)10(16)11(17)9(7)15)3-25(23,24)18-5(12(21)22)1-2-6(19)20/h5H,1-3H2,(H,19,20)(H,21,22)(H2,18,23,24). The molecule has 2 atom stereocenters. The maximum atomic E-state index is 13.5. The molecule has 1 aromatic rings. The van der Waals surface area contributed by atoms with Crippen molar-refractivity contribution in [2.75, 3.05) is 0 Å². The molecule has 0 spiro atoms. The average Bonchev–Trinajstić information content (AvgIpc) is 2.51. The summed E-state index contributed by atoms with van der Waals surface area (Å²) >= 11 is 0. The molecule has 0 aromatic heterocycles. The maximum Gasteiger partial charge on any atom is 0.321 e. The predicted molar refractivity (Wildman–Crippen MR) is 71.2 cm³/mol. The van der Waals surface area contributed by atoms with Gasteiger partial charge < -0.3 is 15.1 Å². The van der Waals surface area contributed by atoms with Crippen LogP contribution in [-0.4, -0.2) is 33.1 Å². The summed E-state index contributed by atoms with van der Waals surface area (Å²) in [5.74, 6) is -14.9. The number of hydrogen-bond donors (Lipinski definition) is 4. The number of benzene rings is 1. The Morgan fingerprint density at radius 3 is 1.80 bits per heavy atom. The Kier molecular flexibility index (Phi) is 6.63. The number of aliphatic carboxylic acids is 2. The number of halogens is 5. The van der Waals surface area contributed by atoms with E-state index in [2.05, 4.69) is 0 Å². The molecule has 0 aliphatic carbocycles. The highest BCUT2D eigenvalue weighted by Gasteiger charge is 2.33. The highest BCUT2D eigenvalue weighted by atomic mass is 31.2. The van der Waals surface area contributed by atoms with Gasteiger partial charge >= 0.3 is 11.9 Å².